The van der Waals surface area contributed by atoms with Crippen LogP contribution in [0.1, 0.15) is 13.8 Å². The van der Waals surface area contributed by atoms with Crippen molar-refractivity contribution in [2.75, 3.05) is 19.7 Å². The van der Waals surface area contributed by atoms with Crippen molar-refractivity contribution in [3.63, 3.8) is 0 Å². The van der Waals surface area contributed by atoms with Gasteiger partial charge < -0.3 is 15.2 Å². The molecule has 0 aliphatic rings. The second-order valence-corrected chi connectivity index (χ2v) is 5.00. The van der Waals surface area contributed by atoms with E-state index in [2.05, 4.69) is 21.2 Å². The molecule has 0 saturated carbocycles. The maximum Gasteiger partial charge on any atom is 0.137 e. The summed E-state index contributed by atoms with van der Waals surface area (Å²) in [6, 6.07) is 4.39. The molecular formula is C12H17BrFNO2. The van der Waals surface area contributed by atoms with E-state index >= 15 is 0 Å². The minimum absolute atomic E-state index is 0.151. The number of nitrogens with one attached hydrogen (secondary N) is 1. The van der Waals surface area contributed by atoms with E-state index in [9.17, 15) is 9.50 Å². The highest BCUT2D eigenvalue weighted by atomic mass is 79.9. The molecule has 1 atom stereocenters. The highest BCUT2D eigenvalue weighted by molar-refractivity contribution is 9.10. The Hall–Kier alpha value is -0.650. The van der Waals surface area contributed by atoms with Crippen LogP contribution in [0.4, 0.5) is 4.39 Å². The summed E-state index contributed by atoms with van der Waals surface area (Å²) in [7, 11) is 0. The number of benzene rings is 1. The zero-order valence-corrected chi connectivity index (χ0v) is 11.6. The average molecular weight is 306 g/mol. The third-order valence-corrected chi connectivity index (χ3v) is 2.80. The zero-order valence-electron chi connectivity index (χ0n) is 9.96. The van der Waals surface area contributed by atoms with Crippen molar-refractivity contribution >= 4 is 15.9 Å². The molecule has 0 fully saturated rings. The van der Waals surface area contributed by atoms with Crippen LogP contribution >= 0.6 is 15.9 Å². The van der Waals surface area contributed by atoms with Gasteiger partial charge in [0.1, 0.15) is 23.8 Å². The van der Waals surface area contributed by atoms with Gasteiger partial charge in [-0.05, 0) is 47.6 Å². The maximum atomic E-state index is 13.0. The quantitative estimate of drug-likeness (QED) is 0.847. The van der Waals surface area contributed by atoms with Crippen molar-refractivity contribution in [1.82, 2.24) is 5.32 Å². The molecule has 2 N–H and O–H groups in total. The molecule has 0 aliphatic heterocycles. The summed E-state index contributed by atoms with van der Waals surface area (Å²) in [4.78, 5) is 0. The summed E-state index contributed by atoms with van der Waals surface area (Å²) >= 11 is 3.08. The number of hydrogen-bond donors (Lipinski definition) is 2. The van der Waals surface area contributed by atoms with E-state index < -0.39 is 5.60 Å². The van der Waals surface area contributed by atoms with Gasteiger partial charge in [-0.1, -0.05) is 6.92 Å². The molecule has 17 heavy (non-hydrogen) atoms. The summed E-state index contributed by atoms with van der Waals surface area (Å²) in [5.41, 5.74) is -0.948. The van der Waals surface area contributed by atoms with Gasteiger partial charge in [0.05, 0.1) is 4.47 Å². The Morgan fingerprint density at radius 3 is 2.82 bits per heavy atom. The van der Waals surface area contributed by atoms with E-state index in [1.54, 1.807) is 13.0 Å². The second kappa shape index (κ2) is 6.33. The summed E-state index contributed by atoms with van der Waals surface area (Å²) in [5.74, 6) is 0.187. The maximum absolute atomic E-state index is 13.0. The second-order valence-electron chi connectivity index (χ2n) is 4.14. The van der Waals surface area contributed by atoms with Crippen molar-refractivity contribution in [2.24, 2.45) is 0 Å². The fourth-order valence-electron chi connectivity index (χ4n) is 1.25. The van der Waals surface area contributed by atoms with Crippen molar-refractivity contribution in [3.05, 3.63) is 28.5 Å². The average Bonchev–Trinajstić information content (AvgIpc) is 2.28. The van der Waals surface area contributed by atoms with Crippen LogP contribution in [0.15, 0.2) is 22.7 Å². The number of aliphatic hydroxyl groups is 1. The Kier molecular flexibility index (Phi) is 5.36. The molecule has 0 amide bonds. The van der Waals surface area contributed by atoms with Gasteiger partial charge in [-0.2, -0.15) is 0 Å². The van der Waals surface area contributed by atoms with Gasteiger partial charge in [-0.3, -0.25) is 0 Å². The third kappa shape index (κ3) is 5.02. The Balaban J connectivity index is 2.51. The monoisotopic (exact) mass is 305 g/mol. The fourth-order valence-corrected chi connectivity index (χ4v) is 1.61. The van der Waals surface area contributed by atoms with Crippen molar-refractivity contribution < 1.29 is 14.2 Å². The van der Waals surface area contributed by atoms with Crippen molar-refractivity contribution in [1.29, 1.82) is 0 Å². The first-order chi connectivity index (χ1) is 7.94. The van der Waals surface area contributed by atoms with Gasteiger partial charge in [0.2, 0.25) is 0 Å². The lowest BCUT2D eigenvalue weighted by Crippen LogP contribution is -2.42. The van der Waals surface area contributed by atoms with E-state index in [4.69, 9.17) is 4.74 Å². The first-order valence-corrected chi connectivity index (χ1v) is 6.25. The molecule has 0 spiro atoms. The lowest BCUT2D eigenvalue weighted by atomic mass is 10.1. The van der Waals surface area contributed by atoms with Crippen LogP contribution in [-0.2, 0) is 0 Å². The van der Waals surface area contributed by atoms with Crippen LogP contribution in [0.3, 0.4) is 0 Å². The number of ether oxygens (including phenoxy) is 1. The van der Waals surface area contributed by atoms with Gasteiger partial charge in [0, 0.05) is 6.54 Å². The Morgan fingerprint density at radius 1 is 1.53 bits per heavy atom. The standard InChI is InChI=1S/C12H17BrFNO2/c1-3-15-7-12(2,16)8-17-9-4-5-11(14)10(13)6-9/h4-6,15-16H,3,7-8H2,1-2H3. The fraction of sp³-hybridized carbons (Fsp3) is 0.500. The molecular weight excluding hydrogens is 289 g/mol. The summed E-state index contributed by atoms with van der Waals surface area (Å²) < 4.78 is 18.7. The lowest BCUT2D eigenvalue weighted by Gasteiger charge is -2.23. The molecule has 0 saturated heterocycles. The number of halogens is 2. The van der Waals surface area contributed by atoms with Crippen LogP contribution in [0.25, 0.3) is 0 Å². The van der Waals surface area contributed by atoms with E-state index in [1.807, 2.05) is 6.92 Å². The highest BCUT2D eigenvalue weighted by Gasteiger charge is 2.20. The van der Waals surface area contributed by atoms with Crippen LogP contribution in [0, 0.1) is 5.82 Å². The molecule has 0 bridgehead atoms. The molecule has 1 unspecified atom stereocenters. The van der Waals surface area contributed by atoms with E-state index in [-0.39, 0.29) is 12.4 Å². The molecule has 3 nitrogen and oxygen atoms in total. The van der Waals surface area contributed by atoms with Crippen LogP contribution in [0.5, 0.6) is 5.75 Å². The molecule has 0 radical (unpaired) electrons. The molecule has 1 aromatic carbocycles. The van der Waals surface area contributed by atoms with Gasteiger partial charge in [-0.25, -0.2) is 4.39 Å². The van der Waals surface area contributed by atoms with E-state index in [1.165, 1.54) is 12.1 Å². The Bertz CT molecular complexity index is 372. The molecule has 5 heteroatoms. The Labute approximate surface area is 109 Å². The number of hydrogen-bond acceptors (Lipinski definition) is 3. The number of rotatable bonds is 6. The first kappa shape index (κ1) is 14.4. The minimum atomic E-state index is -0.948. The minimum Gasteiger partial charge on any atom is -0.491 e. The summed E-state index contributed by atoms with van der Waals surface area (Å²) in [6.45, 7) is 5.05. The molecule has 0 heterocycles. The predicted octanol–water partition coefficient (Wildman–Crippen LogP) is 2.33. The number of likely N-dealkylation sites (N-methyl/N-ethyl adjacent to an activating group) is 1. The topological polar surface area (TPSA) is 41.5 Å². The first-order valence-electron chi connectivity index (χ1n) is 5.45. The molecule has 0 aliphatic carbocycles. The van der Waals surface area contributed by atoms with Crippen LogP contribution in [-0.4, -0.2) is 30.4 Å². The van der Waals surface area contributed by atoms with Crippen LogP contribution in [0.2, 0.25) is 0 Å². The molecule has 96 valence electrons. The van der Waals surface area contributed by atoms with Gasteiger partial charge in [0.15, 0.2) is 0 Å². The normalized spacial score (nSPS) is 14.4. The molecule has 1 aromatic rings. The predicted molar refractivity (Wildman–Crippen MR) is 68.8 cm³/mol. The van der Waals surface area contributed by atoms with Gasteiger partial charge in [-0.15, -0.1) is 0 Å². The molecule has 0 aromatic heterocycles. The SMILES string of the molecule is CCNCC(C)(O)COc1ccc(F)c(Br)c1. The van der Waals surface area contributed by atoms with Crippen molar-refractivity contribution in [2.45, 2.75) is 19.4 Å². The van der Waals surface area contributed by atoms with E-state index in [0.717, 1.165) is 6.54 Å². The summed E-state index contributed by atoms with van der Waals surface area (Å²) in [6.07, 6.45) is 0. The van der Waals surface area contributed by atoms with E-state index in [0.29, 0.717) is 16.8 Å². The molecule has 1 rings (SSSR count). The summed E-state index contributed by atoms with van der Waals surface area (Å²) in [5, 5.41) is 13.0. The van der Waals surface area contributed by atoms with Crippen molar-refractivity contribution in [3.8, 4) is 5.75 Å². The third-order valence-electron chi connectivity index (χ3n) is 2.20. The van der Waals surface area contributed by atoms with Gasteiger partial charge >= 0.3 is 0 Å². The smallest absolute Gasteiger partial charge is 0.137 e. The van der Waals surface area contributed by atoms with Crippen LogP contribution < -0.4 is 10.1 Å². The largest absolute Gasteiger partial charge is 0.491 e. The lowest BCUT2D eigenvalue weighted by molar-refractivity contribution is 0.0127. The highest BCUT2D eigenvalue weighted by Crippen LogP contribution is 2.22. The Morgan fingerprint density at radius 2 is 2.24 bits per heavy atom. The zero-order chi connectivity index (χ0) is 12.9. The van der Waals surface area contributed by atoms with Gasteiger partial charge in [0.25, 0.3) is 0 Å².